The highest BCUT2D eigenvalue weighted by atomic mass is 14.3. The van der Waals surface area contributed by atoms with Crippen molar-refractivity contribution in [3.63, 3.8) is 0 Å². The van der Waals surface area contributed by atoms with E-state index in [1.54, 1.807) is 0 Å². The third-order valence-electron chi connectivity index (χ3n) is 7.14. The van der Waals surface area contributed by atoms with E-state index in [0.717, 1.165) is 23.7 Å². The van der Waals surface area contributed by atoms with E-state index in [-0.39, 0.29) is 0 Å². The largest absolute Gasteiger partial charge is 0.0654 e. The van der Waals surface area contributed by atoms with Crippen LogP contribution < -0.4 is 0 Å². The summed E-state index contributed by atoms with van der Waals surface area (Å²) >= 11 is 0. The Morgan fingerprint density at radius 3 is 1.38 bits per heavy atom. The maximum atomic E-state index is 2.54. The molecule has 0 N–H and O–H groups in total. The molecule has 0 heteroatoms. The maximum Gasteiger partial charge on any atom is -0.0383 e. The summed E-state index contributed by atoms with van der Waals surface area (Å²) in [4.78, 5) is 0. The van der Waals surface area contributed by atoms with Gasteiger partial charge in [0.1, 0.15) is 0 Å². The van der Waals surface area contributed by atoms with Crippen molar-refractivity contribution < 1.29 is 0 Å². The van der Waals surface area contributed by atoms with Gasteiger partial charge in [-0.05, 0) is 30.1 Å². The molecule has 29 heavy (non-hydrogen) atoms. The standard InChI is InChI=1S/C29H60/c1-7-10-13-14-18-23-28(24-19-16-15-17-20-26(4)5)29(22-12-9-3)25-27(6)21-11-8-2/h26-29H,7-25H2,1-6H3. The van der Waals surface area contributed by atoms with Crippen molar-refractivity contribution in [1.82, 2.24) is 0 Å². The molecule has 0 fully saturated rings. The summed E-state index contributed by atoms with van der Waals surface area (Å²) in [7, 11) is 0. The summed E-state index contributed by atoms with van der Waals surface area (Å²) < 4.78 is 0. The Morgan fingerprint density at radius 1 is 0.414 bits per heavy atom. The topological polar surface area (TPSA) is 0 Å². The minimum absolute atomic E-state index is 0.883. The molecule has 0 saturated carbocycles. The summed E-state index contributed by atoms with van der Waals surface area (Å²) in [5.74, 6) is 3.83. The fraction of sp³-hybridized carbons (Fsp3) is 1.00. The third kappa shape index (κ3) is 18.5. The van der Waals surface area contributed by atoms with Crippen LogP contribution in [0.25, 0.3) is 0 Å². The molecule has 0 bridgehead atoms. The van der Waals surface area contributed by atoms with Crippen LogP contribution in [0.2, 0.25) is 0 Å². The van der Waals surface area contributed by atoms with Crippen LogP contribution in [0, 0.1) is 23.7 Å². The zero-order valence-electron chi connectivity index (χ0n) is 21.7. The van der Waals surface area contributed by atoms with Crippen LogP contribution in [0.15, 0.2) is 0 Å². The quantitative estimate of drug-likeness (QED) is 0.156. The van der Waals surface area contributed by atoms with Crippen LogP contribution in [0.1, 0.15) is 164 Å². The SMILES string of the molecule is CCCCCCCC(CCCCCCC(C)C)C(CCCC)CC(C)CCCC. The normalized spacial score (nSPS) is 15.0. The van der Waals surface area contributed by atoms with Gasteiger partial charge in [0.05, 0.1) is 0 Å². The van der Waals surface area contributed by atoms with E-state index in [2.05, 4.69) is 41.5 Å². The van der Waals surface area contributed by atoms with Gasteiger partial charge in [0.2, 0.25) is 0 Å². The smallest absolute Gasteiger partial charge is 0.0383 e. The molecule has 0 aromatic carbocycles. The molecular weight excluding hydrogens is 348 g/mol. The first-order valence-corrected chi connectivity index (χ1v) is 14.0. The molecule has 0 aliphatic carbocycles. The average molecular weight is 409 g/mol. The monoisotopic (exact) mass is 408 g/mol. The molecule has 0 spiro atoms. The van der Waals surface area contributed by atoms with E-state index in [4.69, 9.17) is 0 Å². The molecule has 0 nitrogen and oxygen atoms in total. The molecule has 0 aliphatic heterocycles. The van der Waals surface area contributed by atoms with E-state index in [0.29, 0.717) is 0 Å². The lowest BCUT2D eigenvalue weighted by Gasteiger charge is -2.30. The first-order valence-electron chi connectivity index (χ1n) is 14.0. The van der Waals surface area contributed by atoms with Crippen molar-refractivity contribution in [3.8, 4) is 0 Å². The molecule has 0 heterocycles. The van der Waals surface area contributed by atoms with E-state index >= 15 is 0 Å². The Hall–Kier alpha value is 0. The Labute approximate surface area is 187 Å². The lowest BCUT2D eigenvalue weighted by Crippen LogP contribution is -2.18. The van der Waals surface area contributed by atoms with Crippen molar-refractivity contribution in [2.45, 2.75) is 164 Å². The highest BCUT2D eigenvalue weighted by molar-refractivity contribution is 4.74. The highest BCUT2D eigenvalue weighted by Gasteiger charge is 2.22. The second-order valence-corrected chi connectivity index (χ2v) is 10.7. The number of hydrogen-bond acceptors (Lipinski definition) is 0. The third-order valence-corrected chi connectivity index (χ3v) is 7.14. The van der Waals surface area contributed by atoms with Gasteiger partial charge in [-0.25, -0.2) is 0 Å². The summed E-state index contributed by atoms with van der Waals surface area (Å²) in [6.45, 7) is 14.3. The lowest BCUT2D eigenvalue weighted by molar-refractivity contribution is 0.213. The Morgan fingerprint density at radius 2 is 0.862 bits per heavy atom. The van der Waals surface area contributed by atoms with Crippen LogP contribution in [0.4, 0.5) is 0 Å². The molecule has 3 atom stereocenters. The van der Waals surface area contributed by atoms with Gasteiger partial charge >= 0.3 is 0 Å². The predicted octanol–water partition coefficient (Wildman–Crippen LogP) is 11.0. The van der Waals surface area contributed by atoms with Gasteiger partial charge in [-0.3, -0.25) is 0 Å². The van der Waals surface area contributed by atoms with E-state index in [1.807, 2.05) is 0 Å². The summed E-state index contributed by atoms with van der Waals surface area (Å²) in [5, 5.41) is 0. The molecule has 0 saturated heterocycles. The Kier molecular flexibility index (Phi) is 21.2. The van der Waals surface area contributed by atoms with Gasteiger partial charge in [0.15, 0.2) is 0 Å². The Balaban J connectivity index is 4.62. The molecule has 0 rings (SSSR count). The Bertz CT molecular complexity index is 305. The first-order chi connectivity index (χ1) is 14.0. The van der Waals surface area contributed by atoms with Crippen molar-refractivity contribution in [3.05, 3.63) is 0 Å². The van der Waals surface area contributed by atoms with Gasteiger partial charge in [-0.2, -0.15) is 0 Å². The average Bonchev–Trinajstić information content (AvgIpc) is 2.70. The van der Waals surface area contributed by atoms with Gasteiger partial charge in [0.25, 0.3) is 0 Å². The van der Waals surface area contributed by atoms with Crippen molar-refractivity contribution in [2.24, 2.45) is 23.7 Å². The number of unbranched alkanes of at least 4 members (excludes halogenated alkanes) is 9. The van der Waals surface area contributed by atoms with E-state index in [9.17, 15) is 0 Å². The highest BCUT2D eigenvalue weighted by Crippen LogP contribution is 2.35. The maximum absolute atomic E-state index is 2.54. The zero-order chi connectivity index (χ0) is 21.7. The summed E-state index contributed by atoms with van der Waals surface area (Å²) in [5.41, 5.74) is 0. The first kappa shape index (κ1) is 29.0. The minimum Gasteiger partial charge on any atom is -0.0654 e. The fourth-order valence-electron chi connectivity index (χ4n) is 5.14. The number of hydrogen-bond donors (Lipinski definition) is 0. The molecule has 0 aromatic rings. The van der Waals surface area contributed by atoms with Crippen LogP contribution in [-0.2, 0) is 0 Å². The molecule has 0 radical (unpaired) electrons. The van der Waals surface area contributed by atoms with Crippen LogP contribution in [0.5, 0.6) is 0 Å². The molecule has 0 amide bonds. The van der Waals surface area contributed by atoms with Crippen LogP contribution in [-0.4, -0.2) is 0 Å². The molecule has 0 aliphatic rings. The predicted molar refractivity (Wildman–Crippen MR) is 136 cm³/mol. The van der Waals surface area contributed by atoms with Crippen LogP contribution in [0.3, 0.4) is 0 Å². The van der Waals surface area contributed by atoms with Crippen LogP contribution >= 0.6 is 0 Å². The zero-order valence-corrected chi connectivity index (χ0v) is 21.7. The second-order valence-electron chi connectivity index (χ2n) is 10.7. The minimum atomic E-state index is 0.883. The fourth-order valence-corrected chi connectivity index (χ4v) is 5.14. The van der Waals surface area contributed by atoms with Crippen molar-refractivity contribution in [2.75, 3.05) is 0 Å². The van der Waals surface area contributed by atoms with Crippen molar-refractivity contribution >= 4 is 0 Å². The molecule has 3 unspecified atom stereocenters. The molecule has 0 aromatic heterocycles. The van der Waals surface area contributed by atoms with Gasteiger partial charge < -0.3 is 0 Å². The van der Waals surface area contributed by atoms with Crippen molar-refractivity contribution in [1.29, 1.82) is 0 Å². The van der Waals surface area contributed by atoms with Gasteiger partial charge in [-0.15, -0.1) is 0 Å². The second kappa shape index (κ2) is 21.2. The molecule has 176 valence electrons. The van der Waals surface area contributed by atoms with Gasteiger partial charge in [0, 0.05) is 0 Å². The van der Waals surface area contributed by atoms with Gasteiger partial charge in [-0.1, -0.05) is 157 Å². The molecular formula is C29H60. The van der Waals surface area contributed by atoms with E-state index in [1.165, 1.54) is 122 Å². The van der Waals surface area contributed by atoms with E-state index < -0.39 is 0 Å². The summed E-state index contributed by atoms with van der Waals surface area (Å²) in [6, 6.07) is 0. The lowest BCUT2D eigenvalue weighted by atomic mass is 9.76. The summed E-state index contributed by atoms with van der Waals surface area (Å²) in [6.07, 6.45) is 27.7. The number of rotatable bonds is 22.